The van der Waals surface area contributed by atoms with E-state index in [0.29, 0.717) is 21.5 Å². The Kier molecular flexibility index (Phi) is 4.33. The third-order valence-corrected chi connectivity index (χ3v) is 4.28. The summed E-state index contributed by atoms with van der Waals surface area (Å²) in [7, 11) is 1.46. The van der Waals surface area contributed by atoms with Gasteiger partial charge in [-0.1, -0.05) is 0 Å². The van der Waals surface area contributed by atoms with E-state index in [1.807, 2.05) is 0 Å². The van der Waals surface area contributed by atoms with Crippen LogP contribution in [0.3, 0.4) is 0 Å². The Bertz CT molecular complexity index is 785. The molecule has 0 bridgehead atoms. The van der Waals surface area contributed by atoms with Crippen molar-refractivity contribution < 1.29 is 14.6 Å². The highest BCUT2D eigenvalue weighted by Crippen LogP contribution is 2.34. The molecule has 0 fully saturated rings. The number of methoxy groups -OCH3 is 1. The van der Waals surface area contributed by atoms with E-state index in [4.69, 9.17) is 4.74 Å². The SMILES string of the molecule is COc1cc(C=NNC(=O)c2n[nH]c3c2CCC3)cc(Br)c1O. The number of carbonyl (C=O) groups is 1. The van der Waals surface area contributed by atoms with Crippen molar-refractivity contribution >= 4 is 28.1 Å². The summed E-state index contributed by atoms with van der Waals surface area (Å²) < 4.78 is 5.54. The number of nitrogens with one attached hydrogen (secondary N) is 2. The molecule has 0 atom stereocenters. The molecule has 1 aromatic heterocycles. The number of aryl methyl sites for hydroxylation is 1. The lowest BCUT2D eigenvalue weighted by atomic mass is 10.2. The van der Waals surface area contributed by atoms with Crippen LogP contribution in [0.1, 0.15) is 33.7 Å². The van der Waals surface area contributed by atoms with Crippen LogP contribution in [0.4, 0.5) is 0 Å². The fraction of sp³-hybridized carbons (Fsp3) is 0.267. The second-order valence-corrected chi connectivity index (χ2v) is 5.99. The van der Waals surface area contributed by atoms with E-state index in [1.54, 1.807) is 12.1 Å². The number of aromatic amines is 1. The second kappa shape index (κ2) is 6.41. The average molecular weight is 379 g/mol. The molecule has 0 spiro atoms. The van der Waals surface area contributed by atoms with Gasteiger partial charge < -0.3 is 9.84 Å². The van der Waals surface area contributed by atoms with Crippen LogP contribution in [-0.4, -0.2) is 34.5 Å². The Morgan fingerprint density at radius 2 is 2.35 bits per heavy atom. The zero-order valence-electron chi connectivity index (χ0n) is 12.4. The lowest BCUT2D eigenvalue weighted by Crippen LogP contribution is -2.19. The van der Waals surface area contributed by atoms with Crippen LogP contribution in [0.25, 0.3) is 0 Å². The molecule has 1 aliphatic carbocycles. The number of rotatable bonds is 4. The molecule has 1 aromatic carbocycles. The third kappa shape index (κ3) is 3.07. The van der Waals surface area contributed by atoms with Gasteiger partial charge in [0.15, 0.2) is 17.2 Å². The van der Waals surface area contributed by atoms with Crippen LogP contribution in [0.15, 0.2) is 21.7 Å². The molecule has 0 saturated heterocycles. The van der Waals surface area contributed by atoms with Crippen LogP contribution in [0, 0.1) is 0 Å². The summed E-state index contributed by atoms with van der Waals surface area (Å²) in [6.45, 7) is 0. The van der Waals surface area contributed by atoms with Crippen LogP contribution < -0.4 is 10.2 Å². The lowest BCUT2D eigenvalue weighted by molar-refractivity contribution is 0.0949. The number of hydrogen-bond donors (Lipinski definition) is 3. The molecule has 8 heteroatoms. The van der Waals surface area contributed by atoms with Gasteiger partial charge in [-0.2, -0.15) is 10.2 Å². The number of aromatic hydroxyl groups is 1. The standard InChI is InChI=1S/C15H15BrN4O3/c1-23-12-6-8(5-10(16)14(12)21)7-17-20-15(22)13-9-3-2-4-11(9)18-19-13/h5-7,21H,2-4H2,1H3,(H,18,19)(H,20,22). The summed E-state index contributed by atoms with van der Waals surface area (Å²) in [5, 5.41) is 20.6. The van der Waals surface area contributed by atoms with Crippen molar-refractivity contribution in [2.45, 2.75) is 19.3 Å². The van der Waals surface area contributed by atoms with Crippen molar-refractivity contribution in [3.63, 3.8) is 0 Å². The Hall–Kier alpha value is -2.35. The van der Waals surface area contributed by atoms with E-state index >= 15 is 0 Å². The molecule has 3 N–H and O–H groups in total. The van der Waals surface area contributed by atoms with E-state index in [1.165, 1.54) is 13.3 Å². The number of halogens is 1. The predicted molar refractivity (Wildman–Crippen MR) is 88.0 cm³/mol. The maximum Gasteiger partial charge on any atom is 0.292 e. The van der Waals surface area contributed by atoms with Gasteiger partial charge in [-0.3, -0.25) is 9.89 Å². The minimum absolute atomic E-state index is 0.0146. The van der Waals surface area contributed by atoms with Gasteiger partial charge in [0.05, 0.1) is 17.8 Å². The largest absolute Gasteiger partial charge is 0.503 e. The molecule has 0 unspecified atom stereocenters. The van der Waals surface area contributed by atoms with Gasteiger partial charge in [0.25, 0.3) is 5.91 Å². The highest BCUT2D eigenvalue weighted by molar-refractivity contribution is 9.10. The van der Waals surface area contributed by atoms with E-state index < -0.39 is 0 Å². The van der Waals surface area contributed by atoms with Crippen LogP contribution in [-0.2, 0) is 12.8 Å². The van der Waals surface area contributed by atoms with Crippen LogP contribution >= 0.6 is 15.9 Å². The van der Waals surface area contributed by atoms with Gasteiger partial charge in [0.1, 0.15) is 0 Å². The molecule has 2 aromatic rings. The Balaban J connectivity index is 1.71. The van der Waals surface area contributed by atoms with Crippen LogP contribution in [0.5, 0.6) is 11.5 Å². The van der Waals surface area contributed by atoms with E-state index in [-0.39, 0.29) is 11.7 Å². The summed E-state index contributed by atoms with van der Waals surface area (Å²) in [5.41, 5.74) is 5.54. The molecule has 3 rings (SSSR count). The minimum Gasteiger partial charge on any atom is -0.503 e. The van der Waals surface area contributed by atoms with E-state index in [0.717, 1.165) is 30.5 Å². The molecule has 7 nitrogen and oxygen atoms in total. The van der Waals surface area contributed by atoms with Crippen molar-refractivity contribution in [3.8, 4) is 11.5 Å². The van der Waals surface area contributed by atoms with Gasteiger partial charge in [0, 0.05) is 11.3 Å². The van der Waals surface area contributed by atoms with Gasteiger partial charge in [-0.25, -0.2) is 5.43 Å². The van der Waals surface area contributed by atoms with E-state index in [9.17, 15) is 9.90 Å². The van der Waals surface area contributed by atoms with Crippen molar-refractivity contribution in [1.82, 2.24) is 15.6 Å². The molecule has 1 aliphatic rings. The topological polar surface area (TPSA) is 99.6 Å². The van der Waals surface area contributed by atoms with Crippen molar-refractivity contribution in [1.29, 1.82) is 0 Å². The number of ether oxygens (including phenoxy) is 1. The first kappa shape index (κ1) is 15.5. The van der Waals surface area contributed by atoms with Gasteiger partial charge in [0.2, 0.25) is 0 Å². The third-order valence-electron chi connectivity index (χ3n) is 3.67. The first-order valence-electron chi connectivity index (χ1n) is 7.06. The number of hydrazone groups is 1. The maximum absolute atomic E-state index is 12.1. The molecular formula is C15H15BrN4O3. The number of phenols is 1. The lowest BCUT2D eigenvalue weighted by Gasteiger charge is -2.06. The van der Waals surface area contributed by atoms with Gasteiger partial charge >= 0.3 is 0 Å². The molecular weight excluding hydrogens is 364 g/mol. The van der Waals surface area contributed by atoms with Gasteiger partial charge in [-0.15, -0.1) is 0 Å². The fourth-order valence-corrected chi connectivity index (χ4v) is 3.01. The minimum atomic E-state index is -0.342. The highest BCUT2D eigenvalue weighted by atomic mass is 79.9. The van der Waals surface area contributed by atoms with Gasteiger partial charge in [-0.05, 0) is 52.9 Å². The first-order valence-corrected chi connectivity index (χ1v) is 7.85. The van der Waals surface area contributed by atoms with Crippen molar-refractivity contribution in [3.05, 3.63) is 39.1 Å². The first-order chi connectivity index (χ1) is 11.1. The molecule has 0 aliphatic heterocycles. The molecule has 0 radical (unpaired) electrons. The number of aromatic nitrogens is 2. The monoisotopic (exact) mass is 378 g/mol. The number of benzene rings is 1. The second-order valence-electron chi connectivity index (χ2n) is 5.14. The van der Waals surface area contributed by atoms with E-state index in [2.05, 4.69) is 36.7 Å². The zero-order chi connectivity index (χ0) is 16.4. The summed E-state index contributed by atoms with van der Waals surface area (Å²) in [6.07, 6.45) is 4.30. The normalized spacial score (nSPS) is 13.3. The summed E-state index contributed by atoms with van der Waals surface area (Å²) in [6, 6.07) is 3.28. The highest BCUT2D eigenvalue weighted by Gasteiger charge is 2.22. The maximum atomic E-state index is 12.1. The summed E-state index contributed by atoms with van der Waals surface area (Å²) in [5.74, 6) is -0.0106. The number of hydrogen-bond acceptors (Lipinski definition) is 5. The molecule has 1 heterocycles. The number of fused-ring (bicyclic) bond motifs is 1. The number of phenolic OH excluding ortho intramolecular Hbond substituents is 1. The molecule has 23 heavy (non-hydrogen) atoms. The number of carbonyl (C=O) groups excluding carboxylic acids is 1. The summed E-state index contributed by atoms with van der Waals surface area (Å²) in [4.78, 5) is 12.1. The average Bonchev–Trinajstić information content (AvgIpc) is 3.13. The smallest absolute Gasteiger partial charge is 0.292 e. The number of amides is 1. The van der Waals surface area contributed by atoms with Crippen LogP contribution in [0.2, 0.25) is 0 Å². The molecule has 1 amide bonds. The molecule has 0 saturated carbocycles. The quantitative estimate of drug-likeness (QED) is 0.560. The Morgan fingerprint density at radius 3 is 3.13 bits per heavy atom. The number of nitrogens with zero attached hydrogens (tertiary/aromatic N) is 2. The Morgan fingerprint density at radius 1 is 1.52 bits per heavy atom. The zero-order valence-corrected chi connectivity index (χ0v) is 14.0. The Labute approximate surface area is 140 Å². The van der Waals surface area contributed by atoms with Crippen molar-refractivity contribution in [2.75, 3.05) is 7.11 Å². The fourth-order valence-electron chi connectivity index (χ4n) is 2.55. The summed E-state index contributed by atoms with van der Waals surface area (Å²) >= 11 is 3.23. The number of H-pyrrole nitrogens is 1. The molecule has 120 valence electrons. The predicted octanol–water partition coefficient (Wildman–Crippen LogP) is 2.14. The van der Waals surface area contributed by atoms with Crippen molar-refractivity contribution in [2.24, 2.45) is 5.10 Å².